The van der Waals surface area contributed by atoms with Gasteiger partial charge in [0.05, 0.1) is 23.8 Å². The number of hydrogen-bond acceptors (Lipinski definition) is 5. The van der Waals surface area contributed by atoms with E-state index in [1.165, 1.54) is 25.7 Å². The summed E-state index contributed by atoms with van der Waals surface area (Å²) in [6.45, 7) is 6.95. The molecule has 180 valence electrons. The number of ether oxygens (including phenoxy) is 3. The monoisotopic (exact) mass is 454 g/mol. The fraction of sp³-hybridized carbons (Fsp3) is 0.500. The molecule has 0 heterocycles. The van der Waals surface area contributed by atoms with Crippen LogP contribution in [0.1, 0.15) is 99.3 Å². The third-order valence-electron chi connectivity index (χ3n) is 5.43. The first-order chi connectivity index (χ1) is 16.0. The van der Waals surface area contributed by atoms with Gasteiger partial charge in [0, 0.05) is 0 Å². The van der Waals surface area contributed by atoms with E-state index < -0.39 is 5.97 Å². The molecule has 1 atom stereocenters. The van der Waals surface area contributed by atoms with E-state index in [-0.39, 0.29) is 12.1 Å². The largest absolute Gasteiger partial charge is 0.494 e. The first-order valence-corrected chi connectivity index (χ1v) is 12.3. The Bertz CT molecular complexity index is 826. The molecule has 0 aliphatic carbocycles. The van der Waals surface area contributed by atoms with Crippen molar-refractivity contribution in [1.82, 2.24) is 0 Å². The standard InChI is InChI=1S/C28H38O5/c1-4-6-8-10-12-22(3)32-27(29)23-15-19-26(20-16-23)33-28(30)24-13-17-25(18-14-24)31-21-11-9-7-5-2/h13-20,22H,4-12,21H2,1-3H3. The van der Waals surface area contributed by atoms with Gasteiger partial charge in [-0.15, -0.1) is 0 Å². The van der Waals surface area contributed by atoms with Gasteiger partial charge in [0.25, 0.3) is 0 Å². The van der Waals surface area contributed by atoms with Crippen LogP contribution in [0.2, 0.25) is 0 Å². The summed E-state index contributed by atoms with van der Waals surface area (Å²) in [6.07, 6.45) is 9.96. The molecule has 5 nitrogen and oxygen atoms in total. The molecular formula is C28H38O5. The Balaban J connectivity index is 1.79. The highest BCUT2D eigenvalue weighted by Gasteiger charge is 2.13. The summed E-state index contributed by atoms with van der Waals surface area (Å²) in [5.74, 6) is 0.299. The van der Waals surface area contributed by atoms with E-state index in [1.54, 1.807) is 48.5 Å². The summed E-state index contributed by atoms with van der Waals surface area (Å²) >= 11 is 0. The zero-order valence-electron chi connectivity index (χ0n) is 20.3. The van der Waals surface area contributed by atoms with Crippen LogP contribution in [-0.4, -0.2) is 24.6 Å². The van der Waals surface area contributed by atoms with E-state index >= 15 is 0 Å². The average Bonchev–Trinajstić information content (AvgIpc) is 2.82. The topological polar surface area (TPSA) is 61.8 Å². The maximum Gasteiger partial charge on any atom is 0.343 e. The lowest BCUT2D eigenvalue weighted by atomic mass is 10.1. The summed E-state index contributed by atoms with van der Waals surface area (Å²) in [6, 6.07) is 13.4. The van der Waals surface area contributed by atoms with Crippen LogP contribution >= 0.6 is 0 Å². The number of rotatable bonds is 15. The van der Waals surface area contributed by atoms with Gasteiger partial charge in [0.2, 0.25) is 0 Å². The van der Waals surface area contributed by atoms with Crippen LogP contribution in [0.25, 0.3) is 0 Å². The molecule has 0 saturated carbocycles. The molecule has 2 aromatic carbocycles. The molecule has 0 saturated heterocycles. The molecule has 0 amide bonds. The van der Waals surface area contributed by atoms with E-state index in [0.717, 1.165) is 37.9 Å². The lowest BCUT2D eigenvalue weighted by Gasteiger charge is -2.13. The molecule has 1 unspecified atom stereocenters. The number of esters is 2. The smallest absolute Gasteiger partial charge is 0.343 e. The lowest BCUT2D eigenvalue weighted by Crippen LogP contribution is -2.15. The highest BCUT2D eigenvalue weighted by molar-refractivity contribution is 5.92. The molecule has 0 bridgehead atoms. The summed E-state index contributed by atoms with van der Waals surface area (Å²) in [5.41, 5.74) is 0.879. The molecular weight excluding hydrogens is 416 g/mol. The fourth-order valence-electron chi connectivity index (χ4n) is 3.40. The highest BCUT2D eigenvalue weighted by atomic mass is 16.5. The molecule has 0 aliphatic rings. The zero-order valence-corrected chi connectivity index (χ0v) is 20.3. The lowest BCUT2D eigenvalue weighted by molar-refractivity contribution is 0.0319. The Kier molecular flexibility index (Phi) is 12.1. The van der Waals surface area contributed by atoms with Gasteiger partial charge in [-0.1, -0.05) is 52.4 Å². The van der Waals surface area contributed by atoms with E-state index in [0.29, 0.717) is 23.5 Å². The van der Waals surface area contributed by atoms with Crippen molar-refractivity contribution >= 4 is 11.9 Å². The zero-order chi connectivity index (χ0) is 23.9. The SMILES string of the molecule is CCCCCCOc1ccc(C(=O)Oc2ccc(C(=O)OC(C)CCCCCC)cc2)cc1. The van der Waals surface area contributed by atoms with Crippen LogP contribution in [0, 0.1) is 0 Å². The average molecular weight is 455 g/mol. The van der Waals surface area contributed by atoms with Gasteiger partial charge >= 0.3 is 11.9 Å². The maximum absolute atomic E-state index is 12.4. The van der Waals surface area contributed by atoms with Gasteiger partial charge in [-0.2, -0.15) is 0 Å². The van der Waals surface area contributed by atoms with E-state index in [9.17, 15) is 9.59 Å². The molecule has 0 N–H and O–H groups in total. The summed E-state index contributed by atoms with van der Waals surface area (Å²) in [4.78, 5) is 24.7. The Morgan fingerprint density at radius 2 is 1.24 bits per heavy atom. The van der Waals surface area contributed by atoms with Crippen LogP contribution in [-0.2, 0) is 4.74 Å². The van der Waals surface area contributed by atoms with Crippen molar-refractivity contribution in [3.8, 4) is 11.5 Å². The maximum atomic E-state index is 12.4. The molecule has 2 rings (SSSR count). The molecule has 2 aromatic rings. The minimum absolute atomic E-state index is 0.116. The first-order valence-electron chi connectivity index (χ1n) is 12.3. The summed E-state index contributed by atoms with van der Waals surface area (Å²) in [7, 11) is 0. The van der Waals surface area contributed by atoms with Crippen molar-refractivity contribution in [2.24, 2.45) is 0 Å². The molecule has 5 heteroatoms. The molecule has 0 aromatic heterocycles. The van der Waals surface area contributed by atoms with Crippen molar-refractivity contribution in [2.45, 2.75) is 84.7 Å². The second-order valence-corrected chi connectivity index (χ2v) is 8.41. The Morgan fingerprint density at radius 1 is 0.697 bits per heavy atom. The van der Waals surface area contributed by atoms with Gasteiger partial charge in [0.1, 0.15) is 11.5 Å². The van der Waals surface area contributed by atoms with Gasteiger partial charge in [0.15, 0.2) is 0 Å². The van der Waals surface area contributed by atoms with Crippen molar-refractivity contribution in [3.05, 3.63) is 59.7 Å². The third kappa shape index (κ3) is 10.1. The predicted octanol–water partition coefficient (Wildman–Crippen LogP) is 7.38. The van der Waals surface area contributed by atoms with Crippen LogP contribution in [0.15, 0.2) is 48.5 Å². The molecule has 0 radical (unpaired) electrons. The predicted molar refractivity (Wildman–Crippen MR) is 131 cm³/mol. The second kappa shape index (κ2) is 15.1. The van der Waals surface area contributed by atoms with Gasteiger partial charge in [-0.25, -0.2) is 9.59 Å². The first kappa shape index (κ1) is 26.4. The number of carbonyl (C=O) groups is 2. The van der Waals surface area contributed by atoms with Gasteiger partial charge in [-0.05, 0) is 74.7 Å². The number of unbranched alkanes of at least 4 members (excludes halogenated alkanes) is 6. The van der Waals surface area contributed by atoms with Crippen molar-refractivity contribution < 1.29 is 23.8 Å². The summed E-state index contributed by atoms with van der Waals surface area (Å²) < 4.78 is 16.6. The normalized spacial score (nSPS) is 11.6. The van der Waals surface area contributed by atoms with Crippen LogP contribution in [0.4, 0.5) is 0 Å². The number of benzene rings is 2. The van der Waals surface area contributed by atoms with Gasteiger partial charge in [-0.3, -0.25) is 0 Å². The fourth-order valence-corrected chi connectivity index (χ4v) is 3.40. The molecule has 0 aliphatic heterocycles. The quantitative estimate of drug-likeness (QED) is 0.160. The van der Waals surface area contributed by atoms with Crippen LogP contribution in [0.5, 0.6) is 11.5 Å². The minimum Gasteiger partial charge on any atom is -0.494 e. The molecule has 0 spiro atoms. The molecule has 33 heavy (non-hydrogen) atoms. The Morgan fingerprint density at radius 3 is 1.85 bits per heavy atom. The van der Waals surface area contributed by atoms with E-state index in [1.807, 2.05) is 6.92 Å². The van der Waals surface area contributed by atoms with Gasteiger partial charge < -0.3 is 14.2 Å². The van der Waals surface area contributed by atoms with Crippen molar-refractivity contribution in [3.63, 3.8) is 0 Å². The van der Waals surface area contributed by atoms with E-state index in [2.05, 4.69) is 13.8 Å². The highest BCUT2D eigenvalue weighted by Crippen LogP contribution is 2.18. The van der Waals surface area contributed by atoms with Crippen molar-refractivity contribution in [2.75, 3.05) is 6.61 Å². The summed E-state index contributed by atoms with van der Waals surface area (Å²) in [5, 5.41) is 0. The van der Waals surface area contributed by atoms with Crippen LogP contribution in [0.3, 0.4) is 0 Å². The second-order valence-electron chi connectivity index (χ2n) is 8.41. The molecule has 0 fully saturated rings. The minimum atomic E-state index is -0.458. The number of hydrogen-bond donors (Lipinski definition) is 0. The third-order valence-corrected chi connectivity index (χ3v) is 5.43. The number of carbonyl (C=O) groups excluding carboxylic acids is 2. The van der Waals surface area contributed by atoms with Crippen LogP contribution < -0.4 is 9.47 Å². The Hall–Kier alpha value is -2.82. The van der Waals surface area contributed by atoms with Crippen molar-refractivity contribution in [1.29, 1.82) is 0 Å². The Labute approximate surface area is 198 Å². The van der Waals surface area contributed by atoms with E-state index in [4.69, 9.17) is 14.2 Å².